The van der Waals surface area contributed by atoms with E-state index in [0.29, 0.717) is 6.42 Å². The van der Waals surface area contributed by atoms with Crippen molar-refractivity contribution in [3.63, 3.8) is 0 Å². The lowest BCUT2D eigenvalue weighted by atomic mass is 9.80. The van der Waals surface area contributed by atoms with Crippen molar-refractivity contribution in [2.45, 2.75) is 63.1 Å². The van der Waals surface area contributed by atoms with Gasteiger partial charge in [-0.3, -0.25) is 4.79 Å². The second kappa shape index (κ2) is 10.4. The molecule has 3 aromatic carbocycles. The minimum atomic E-state index is -2.16. The number of ether oxygens (including phenoxy) is 1. The van der Waals surface area contributed by atoms with E-state index >= 15 is 0 Å². The lowest BCUT2D eigenvalue weighted by Gasteiger charge is -2.40. The Morgan fingerprint density at radius 1 is 0.806 bits per heavy atom. The van der Waals surface area contributed by atoms with Crippen LogP contribution < -0.4 is 0 Å². The molecule has 1 fully saturated rings. The zero-order valence-electron chi connectivity index (χ0n) is 22.0. The first-order valence-electron chi connectivity index (χ1n) is 12.8. The van der Waals surface area contributed by atoms with E-state index < -0.39 is 25.9 Å². The number of hydrogen-bond donors (Lipinski definition) is 1. The molecule has 3 atom stereocenters. The zero-order valence-corrected chi connectivity index (χ0v) is 23.0. The number of aliphatic hydroxyl groups excluding tert-OH is 1. The van der Waals surface area contributed by atoms with Crippen molar-refractivity contribution < 1.29 is 19.1 Å². The van der Waals surface area contributed by atoms with Gasteiger partial charge in [0.05, 0.1) is 18.6 Å². The van der Waals surface area contributed by atoms with Gasteiger partial charge in [0.15, 0.2) is 14.1 Å². The highest BCUT2D eigenvalue weighted by atomic mass is 28.4. The summed E-state index contributed by atoms with van der Waals surface area (Å²) in [4.78, 5) is 13.2. The van der Waals surface area contributed by atoms with Gasteiger partial charge in [0.25, 0.3) is 0 Å². The molecule has 0 aromatic heterocycles. The quantitative estimate of drug-likeness (QED) is 0.289. The Bertz CT molecular complexity index is 1040. The number of carbonyl (C=O) groups excluding carboxylic acids is 1. The molecule has 1 aliphatic rings. The lowest BCUT2D eigenvalue weighted by molar-refractivity contribution is -0.131. The van der Waals surface area contributed by atoms with Crippen LogP contribution in [0.5, 0.6) is 0 Å². The van der Waals surface area contributed by atoms with Gasteiger partial charge < -0.3 is 14.3 Å². The van der Waals surface area contributed by atoms with Crippen LogP contribution >= 0.6 is 0 Å². The van der Waals surface area contributed by atoms with E-state index in [1.807, 2.05) is 54.6 Å². The Balaban J connectivity index is 1.76. The molecule has 4 rings (SSSR count). The summed E-state index contributed by atoms with van der Waals surface area (Å²) in [6.07, 6.45) is -1.07. The molecule has 1 aliphatic carbocycles. The van der Waals surface area contributed by atoms with Crippen LogP contribution in [0.15, 0.2) is 91.0 Å². The summed E-state index contributed by atoms with van der Waals surface area (Å²) in [5.41, 5.74) is 2.03. The molecule has 0 aliphatic heterocycles. The summed E-state index contributed by atoms with van der Waals surface area (Å²) >= 11 is 0. The average molecular weight is 503 g/mol. The Morgan fingerprint density at radius 3 is 1.61 bits per heavy atom. The molecular formula is C31H38O4Si. The maximum atomic E-state index is 13.2. The highest BCUT2D eigenvalue weighted by Crippen LogP contribution is 2.43. The summed E-state index contributed by atoms with van der Waals surface area (Å²) in [6, 6.07) is 30.4. The summed E-state index contributed by atoms with van der Waals surface area (Å²) in [7, 11) is -2.16. The summed E-state index contributed by atoms with van der Waals surface area (Å²) in [5, 5.41) is 10.5. The molecule has 5 heteroatoms. The van der Waals surface area contributed by atoms with Gasteiger partial charge in [-0.15, -0.1) is 0 Å². The van der Waals surface area contributed by atoms with Crippen LogP contribution in [0.4, 0.5) is 0 Å². The van der Waals surface area contributed by atoms with E-state index in [9.17, 15) is 9.90 Å². The molecule has 0 spiro atoms. The van der Waals surface area contributed by atoms with Crippen LogP contribution in [-0.2, 0) is 19.6 Å². The van der Waals surface area contributed by atoms with E-state index in [-0.39, 0.29) is 23.5 Å². The minimum absolute atomic E-state index is 0.00310. The third-order valence-electron chi connectivity index (χ3n) is 7.87. The van der Waals surface area contributed by atoms with Crippen molar-refractivity contribution in [3.05, 3.63) is 108 Å². The Labute approximate surface area is 216 Å². The molecule has 4 nitrogen and oxygen atoms in total. The fourth-order valence-electron chi connectivity index (χ4n) is 4.79. The summed E-state index contributed by atoms with van der Waals surface area (Å²) < 4.78 is 13.6. The number of benzene rings is 3. The molecule has 3 aromatic rings. The first kappa shape index (κ1) is 26.5. The topological polar surface area (TPSA) is 55.8 Å². The number of rotatable bonds is 8. The minimum Gasteiger partial charge on any atom is -0.413 e. The third-order valence-corrected chi connectivity index (χ3v) is 12.4. The van der Waals surface area contributed by atoms with Crippen molar-refractivity contribution in [3.8, 4) is 0 Å². The molecule has 0 radical (unpaired) electrons. The molecule has 0 unspecified atom stereocenters. The summed E-state index contributed by atoms with van der Waals surface area (Å²) in [5.74, 6) is -0.730. The smallest absolute Gasteiger partial charge is 0.192 e. The van der Waals surface area contributed by atoms with E-state index in [4.69, 9.17) is 9.16 Å². The normalized spacial score (nSPS) is 21.1. The number of Topliss-reactive ketones (excluding diaryl/α,β-unsaturated/α-hetero) is 1. The van der Waals surface area contributed by atoms with Crippen molar-refractivity contribution in [2.24, 2.45) is 5.92 Å². The van der Waals surface area contributed by atoms with Crippen LogP contribution in [0.1, 0.15) is 43.9 Å². The number of carbonyl (C=O) groups is 1. The molecule has 0 amide bonds. The van der Waals surface area contributed by atoms with Gasteiger partial charge in [-0.25, -0.2) is 0 Å². The number of hydrogen-bond acceptors (Lipinski definition) is 4. The van der Waals surface area contributed by atoms with Gasteiger partial charge >= 0.3 is 0 Å². The van der Waals surface area contributed by atoms with Crippen molar-refractivity contribution in [1.29, 1.82) is 0 Å². The second-order valence-corrected chi connectivity index (χ2v) is 16.0. The van der Waals surface area contributed by atoms with Crippen LogP contribution in [0.3, 0.4) is 0 Å². The van der Waals surface area contributed by atoms with E-state index in [0.717, 1.165) is 16.7 Å². The number of ketones is 1. The van der Waals surface area contributed by atoms with Gasteiger partial charge in [-0.05, 0) is 34.8 Å². The van der Waals surface area contributed by atoms with E-state index in [1.165, 1.54) is 0 Å². The van der Waals surface area contributed by atoms with Crippen LogP contribution in [0.2, 0.25) is 18.1 Å². The predicted molar refractivity (Wildman–Crippen MR) is 146 cm³/mol. The Hall–Kier alpha value is -2.57. The van der Waals surface area contributed by atoms with Crippen LogP contribution in [-0.4, -0.2) is 38.0 Å². The molecular weight excluding hydrogens is 464 g/mol. The van der Waals surface area contributed by atoms with Crippen molar-refractivity contribution in [2.75, 3.05) is 6.61 Å². The molecule has 1 saturated carbocycles. The van der Waals surface area contributed by atoms with Gasteiger partial charge in [0.2, 0.25) is 0 Å². The monoisotopic (exact) mass is 502 g/mol. The fourth-order valence-corrected chi connectivity index (χ4v) is 6.16. The molecule has 0 saturated heterocycles. The highest BCUT2D eigenvalue weighted by molar-refractivity contribution is 6.74. The highest BCUT2D eigenvalue weighted by Gasteiger charge is 2.49. The fraction of sp³-hybridized carbons (Fsp3) is 0.387. The van der Waals surface area contributed by atoms with Gasteiger partial charge in [-0.2, -0.15) is 0 Å². The lowest BCUT2D eigenvalue weighted by Crippen LogP contribution is -2.46. The van der Waals surface area contributed by atoms with Crippen molar-refractivity contribution in [1.82, 2.24) is 0 Å². The third kappa shape index (κ3) is 5.11. The Kier molecular flexibility index (Phi) is 7.67. The molecule has 1 N–H and O–H groups in total. The predicted octanol–water partition coefficient (Wildman–Crippen LogP) is 6.34. The maximum Gasteiger partial charge on any atom is 0.192 e. The molecule has 190 valence electrons. The van der Waals surface area contributed by atoms with Crippen LogP contribution in [0.25, 0.3) is 0 Å². The summed E-state index contributed by atoms with van der Waals surface area (Å²) in [6.45, 7) is 11.1. The van der Waals surface area contributed by atoms with Gasteiger partial charge in [0, 0.05) is 6.42 Å². The van der Waals surface area contributed by atoms with Crippen molar-refractivity contribution >= 4 is 14.1 Å². The average Bonchev–Trinajstić information content (AvgIpc) is 3.12. The van der Waals surface area contributed by atoms with Gasteiger partial charge in [0.1, 0.15) is 11.7 Å². The second-order valence-electron chi connectivity index (χ2n) is 11.3. The van der Waals surface area contributed by atoms with Crippen LogP contribution in [0, 0.1) is 5.92 Å². The Morgan fingerprint density at radius 2 is 1.22 bits per heavy atom. The SMILES string of the molecule is CC(C)(C)[Si](C)(C)O[C@H]1C[C@@H](O)C(=O)[C@@H]1COC(c1ccccc1)(c1ccccc1)c1ccccc1. The largest absolute Gasteiger partial charge is 0.413 e. The number of aliphatic hydroxyl groups is 1. The van der Waals surface area contributed by atoms with E-state index in [1.54, 1.807) is 0 Å². The van der Waals surface area contributed by atoms with E-state index in [2.05, 4.69) is 70.3 Å². The first-order chi connectivity index (χ1) is 17.1. The standard InChI is InChI=1S/C31H38O4Si/c1-30(2,3)36(4,5)35-28-21-27(32)29(33)26(28)22-34-31(23-15-9-6-10-16-23,24-17-11-7-12-18-24)25-19-13-8-14-20-25/h6-20,26-28,32H,21-22H2,1-5H3/t26-,27-,28+/m1/s1. The molecule has 36 heavy (non-hydrogen) atoms. The molecule has 0 bridgehead atoms. The van der Waals surface area contributed by atoms with Gasteiger partial charge in [-0.1, -0.05) is 112 Å². The maximum absolute atomic E-state index is 13.2. The molecule has 0 heterocycles. The zero-order chi connectivity index (χ0) is 26.0. The first-order valence-corrected chi connectivity index (χ1v) is 15.7.